The first-order valence-corrected chi connectivity index (χ1v) is 5.19. The summed E-state index contributed by atoms with van der Waals surface area (Å²) in [6, 6.07) is 0. The van der Waals surface area contributed by atoms with Gasteiger partial charge in [-0.25, -0.2) is 0 Å². The second-order valence-corrected chi connectivity index (χ2v) is 4.26. The Hall–Kier alpha value is -0.240. The van der Waals surface area contributed by atoms with Crippen LogP contribution in [0, 0.1) is 5.92 Å². The maximum absolute atomic E-state index is 10.3. The van der Waals surface area contributed by atoms with Gasteiger partial charge in [0.1, 0.15) is 6.29 Å². The third kappa shape index (κ3) is 3.10. The summed E-state index contributed by atoms with van der Waals surface area (Å²) in [5.74, 6) is 3.25. The average molecular weight is 170 g/mol. The SMILES string of the molecule is C=C(C=O)CC1CCSCC1. The maximum Gasteiger partial charge on any atom is 0.145 e. The summed E-state index contributed by atoms with van der Waals surface area (Å²) in [6.45, 7) is 3.69. The molecule has 0 unspecified atom stereocenters. The molecule has 1 aliphatic rings. The largest absolute Gasteiger partial charge is 0.298 e. The number of thioether (sulfide) groups is 1. The van der Waals surface area contributed by atoms with E-state index < -0.39 is 0 Å². The lowest BCUT2D eigenvalue weighted by Gasteiger charge is -2.20. The molecular formula is C9H14OS. The lowest BCUT2D eigenvalue weighted by atomic mass is 9.95. The van der Waals surface area contributed by atoms with Crippen LogP contribution in [0.3, 0.4) is 0 Å². The van der Waals surface area contributed by atoms with Crippen molar-refractivity contribution in [2.24, 2.45) is 5.92 Å². The lowest BCUT2D eigenvalue weighted by molar-refractivity contribution is -0.105. The van der Waals surface area contributed by atoms with Gasteiger partial charge in [-0.05, 0) is 42.3 Å². The molecule has 0 amide bonds. The molecule has 2 heteroatoms. The Bertz CT molecular complexity index is 148. The van der Waals surface area contributed by atoms with Crippen LogP contribution in [0.25, 0.3) is 0 Å². The molecule has 1 heterocycles. The molecule has 0 atom stereocenters. The van der Waals surface area contributed by atoms with Gasteiger partial charge in [0.05, 0.1) is 0 Å². The molecule has 0 radical (unpaired) electrons. The summed E-state index contributed by atoms with van der Waals surface area (Å²) in [5.41, 5.74) is 0.766. The normalized spacial score (nSPS) is 19.6. The summed E-state index contributed by atoms with van der Waals surface area (Å²) in [6.07, 6.45) is 4.33. The van der Waals surface area contributed by atoms with Gasteiger partial charge in [0.2, 0.25) is 0 Å². The zero-order chi connectivity index (χ0) is 8.10. The van der Waals surface area contributed by atoms with E-state index in [4.69, 9.17) is 0 Å². The maximum atomic E-state index is 10.3. The average Bonchev–Trinajstić information content (AvgIpc) is 2.06. The van der Waals surface area contributed by atoms with E-state index >= 15 is 0 Å². The van der Waals surface area contributed by atoms with E-state index in [1.807, 2.05) is 11.8 Å². The summed E-state index contributed by atoms with van der Waals surface area (Å²) < 4.78 is 0. The van der Waals surface area contributed by atoms with E-state index in [0.717, 1.165) is 24.2 Å². The van der Waals surface area contributed by atoms with Crippen LogP contribution in [0.5, 0.6) is 0 Å². The fourth-order valence-corrected chi connectivity index (χ4v) is 2.57. The smallest absolute Gasteiger partial charge is 0.145 e. The Morgan fingerprint density at radius 1 is 1.55 bits per heavy atom. The highest BCUT2D eigenvalue weighted by Gasteiger charge is 2.13. The number of carbonyl (C=O) groups is 1. The van der Waals surface area contributed by atoms with Crippen molar-refractivity contribution in [1.29, 1.82) is 0 Å². The van der Waals surface area contributed by atoms with Gasteiger partial charge in [0.25, 0.3) is 0 Å². The van der Waals surface area contributed by atoms with Crippen molar-refractivity contribution in [3.8, 4) is 0 Å². The molecule has 11 heavy (non-hydrogen) atoms. The molecule has 1 fully saturated rings. The van der Waals surface area contributed by atoms with Crippen molar-refractivity contribution in [3.63, 3.8) is 0 Å². The van der Waals surface area contributed by atoms with Crippen LogP contribution in [0.15, 0.2) is 12.2 Å². The van der Waals surface area contributed by atoms with E-state index in [0.29, 0.717) is 0 Å². The molecule has 0 bridgehead atoms. The van der Waals surface area contributed by atoms with Crippen LogP contribution in [-0.4, -0.2) is 17.8 Å². The predicted molar refractivity (Wildman–Crippen MR) is 49.9 cm³/mol. The Balaban J connectivity index is 2.24. The van der Waals surface area contributed by atoms with E-state index in [2.05, 4.69) is 6.58 Å². The lowest BCUT2D eigenvalue weighted by Crippen LogP contribution is -2.10. The Labute approximate surface area is 72.2 Å². The van der Waals surface area contributed by atoms with Crippen molar-refractivity contribution in [2.75, 3.05) is 11.5 Å². The van der Waals surface area contributed by atoms with E-state index in [1.54, 1.807) is 0 Å². The van der Waals surface area contributed by atoms with E-state index in [9.17, 15) is 4.79 Å². The van der Waals surface area contributed by atoms with Crippen LogP contribution in [0.2, 0.25) is 0 Å². The van der Waals surface area contributed by atoms with Gasteiger partial charge < -0.3 is 0 Å². The standard InChI is InChI=1S/C9H14OS/c1-8(7-10)6-9-2-4-11-5-3-9/h7,9H,1-6H2. The monoisotopic (exact) mass is 170 g/mol. The summed E-state index contributed by atoms with van der Waals surface area (Å²) >= 11 is 2.02. The Morgan fingerprint density at radius 3 is 2.73 bits per heavy atom. The van der Waals surface area contributed by atoms with Gasteiger partial charge >= 0.3 is 0 Å². The minimum atomic E-state index is 0.731. The molecule has 0 spiro atoms. The van der Waals surface area contributed by atoms with Crippen LogP contribution < -0.4 is 0 Å². The molecule has 0 saturated carbocycles. The molecule has 1 aliphatic heterocycles. The highest BCUT2D eigenvalue weighted by molar-refractivity contribution is 7.99. The molecule has 1 nitrogen and oxygen atoms in total. The molecule has 0 aliphatic carbocycles. The van der Waals surface area contributed by atoms with Crippen LogP contribution in [0.4, 0.5) is 0 Å². The van der Waals surface area contributed by atoms with Gasteiger partial charge in [0, 0.05) is 0 Å². The van der Waals surface area contributed by atoms with Crippen molar-refractivity contribution in [2.45, 2.75) is 19.3 Å². The van der Waals surface area contributed by atoms with Crippen molar-refractivity contribution < 1.29 is 4.79 Å². The zero-order valence-electron chi connectivity index (χ0n) is 6.71. The fourth-order valence-electron chi connectivity index (χ4n) is 1.37. The topological polar surface area (TPSA) is 17.1 Å². The highest BCUT2D eigenvalue weighted by atomic mass is 32.2. The third-order valence-corrected chi connectivity index (χ3v) is 3.11. The van der Waals surface area contributed by atoms with Crippen LogP contribution in [0.1, 0.15) is 19.3 Å². The Morgan fingerprint density at radius 2 is 2.18 bits per heavy atom. The first kappa shape index (κ1) is 8.85. The van der Waals surface area contributed by atoms with Crippen molar-refractivity contribution >= 4 is 18.0 Å². The van der Waals surface area contributed by atoms with Crippen molar-refractivity contribution in [3.05, 3.63) is 12.2 Å². The number of carbonyl (C=O) groups excluding carboxylic acids is 1. The van der Waals surface area contributed by atoms with E-state index in [1.165, 1.54) is 24.3 Å². The number of hydrogen-bond donors (Lipinski definition) is 0. The molecule has 0 aromatic heterocycles. The van der Waals surface area contributed by atoms with Crippen LogP contribution >= 0.6 is 11.8 Å². The summed E-state index contributed by atoms with van der Waals surface area (Å²) in [7, 11) is 0. The summed E-state index contributed by atoms with van der Waals surface area (Å²) in [4.78, 5) is 10.3. The van der Waals surface area contributed by atoms with Gasteiger partial charge in [-0.2, -0.15) is 11.8 Å². The number of rotatable bonds is 3. The molecule has 0 aromatic rings. The molecule has 62 valence electrons. The van der Waals surface area contributed by atoms with Crippen LogP contribution in [-0.2, 0) is 4.79 Å². The molecule has 1 saturated heterocycles. The highest BCUT2D eigenvalue weighted by Crippen LogP contribution is 2.26. The third-order valence-electron chi connectivity index (χ3n) is 2.06. The zero-order valence-corrected chi connectivity index (χ0v) is 7.53. The van der Waals surface area contributed by atoms with Crippen molar-refractivity contribution in [1.82, 2.24) is 0 Å². The Kier molecular flexibility index (Phi) is 3.70. The van der Waals surface area contributed by atoms with Gasteiger partial charge in [-0.15, -0.1) is 0 Å². The minimum Gasteiger partial charge on any atom is -0.298 e. The van der Waals surface area contributed by atoms with Gasteiger partial charge in [-0.3, -0.25) is 4.79 Å². The first-order chi connectivity index (χ1) is 5.33. The van der Waals surface area contributed by atoms with Gasteiger partial charge in [-0.1, -0.05) is 6.58 Å². The number of hydrogen-bond acceptors (Lipinski definition) is 2. The molecule has 0 aromatic carbocycles. The first-order valence-electron chi connectivity index (χ1n) is 4.03. The van der Waals surface area contributed by atoms with E-state index in [-0.39, 0.29) is 0 Å². The quantitative estimate of drug-likeness (QED) is 0.477. The second kappa shape index (κ2) is 4.60. The molecule has 1 rings (SSSR count). The number of aldehydes is 1. The number of allylic oxidation sites excluding steroid dienone is 1. The fraction of sp³-hybridized carbons (Fsp3) is 0.667. The minimum absolute atomic E-state index is 0.731. The molecule has 0 N–H and O–H groups in total. The molecular weight excluding hydrogens is 156 g/mol. The summed E-state index contributed by atoms with van der Waals surface area (Å²) in [5, 5.41) is 0. The van der Waals surface area contributed by atoms with Gasteiger partial charge in [0.15, 0.2) is 0 Å². The predicted octanol–water partition coefficient (Wildman–Crippen LogP) is 2.27. The second-order valence-electron chi connectivity index (χ2n) is 3.04.